The monoisotopic (exact) mass is 317 g/mol. The van der Waals surface area contributed by atoms with Gasteiger partial charge in [-0.3, -0.25) is 10.1 Å². The van der Waals surface area contributed by atoms with Crippen molar-refractivity contribution in [3.8, 4) is 0 Å². The lowest BCUT2D eigenvalue weighted by Gasteiger charge is -2.20. The van der Waals surface area contributed by atoms with Crippen LogP contribution >= 0.6 is 0 Å². The molecule has 0 aliphatic carbocycles. The molecule has 7 nitrogen and oxygen atoms in total. The minimum absolute atomic E-state index is 0.340. The van der Waals surface area contributed by atoms with Crippen molar-refractivity contribution < 1.29 is 19.1 Å². The minimum atomic E-state index is -0.694. The first-order chi connectivity index (χ1) is 10.8. The van der Waals surface area contributed by atoms with Crippen LogP contribution in [0.15, 0.2) is 30.5 Å². The molecule has 0 atom stereocenters. The van der Waals surface area contributed by atoms with E-state index in [4.69, 9.17) is 4.74 Å². The lowest BCUT2D eigenvalue weighted by molar-refractivity contribution is -0.123. The van der Waals surface area contributed by atoms with Gasteiger partial charge in [0.1, 0.15) is 0 Å². The summed E-state index contributed by atoms with van der Waals surface area (Å²) in [5.74, 6) is -1.33. The molecule has 0 saturated carbocycles. The minimum Gasteiger partial charge on any atom is -0.452 e. The zero-order valence-corrected chi connectivity index (χ0v) is 13.2. The molecule has 0 aliphatic rings. The van der Waals surface area contributed by atoms with Crippen molar-refractivity contribution in [2.24, 2.45) is 0 Å². The molecule has 0 radical (unpaired) electrons. The normalized spacial score (nSPS) is 11.1. The first kappa shape index (κ1) is 16.5. The van der Waals surface area contributed by atoms with E-state index < -0.39 is 30.1 Å². The van der Waals surface area contributed by atoms with Crippen LogP contribution in [0.5, 0.6) is 0 Å². The third-order valence-electron chi connectivity index (χ3n) is 2.88. The number of carbonyl (C=O) groups excluding carboxylic acids is 3. The maximum Gasteiger partial charge on any atom is 0.340 e. The van der Waals surface area contributed by atoms with Gasteiger partial charge in [0.2, 0.25) is 0 Å². The van der Waals surface area contributed by atoms with Crippen LogP contribution in [0.4, 0.5) is 4.79 Å². The molecule has 1 aromatic heterocycles. The number of benzene rings is 1. The number of ether oxygens (including phenoxy) is 1. The van der Waals surface area contributed by atoms with Gasteiger partial charge in [-0.15, -0.1) is 0 Å². The number of rotatable bonds is 3. The fourth-order valence-corrected chi connectivity index (χ4v) is 1.98. The van der Waals surface area contributed by atoms with E-state index in [0.29, 0.717) is 10.9 Å². The van der Waals surface area contributed by atoms with Crippen molar-refractivity contribution in [2.75, 3.05) is 6.61 Å². The van der Waals surface area contributed by atoms with Crippen LogP contribution in [0.2, 0.25) is 0 Å². The molecule has 3 N–H and O–H groups in total. The Morgan fingerprint density at radius 1 is 1.17 bits per heavy atom. The maximum absolute atomic E-state index is 12.0. The van der Waals surface area contributed by atoms with Crippen LogP contribution in [0.1, 0.15) is 31.1 Å². The average molecular weight is 317 g/mol. The highest BCUT2D eigenvalue weighted by Gasteiger charge is 2.18. The highest BCUT2D eigenvalue weighted by Crippen LogP contribution is 2.18. The largest absolute Gasteiger partial charge is 0.452 e. The number of imide groups is 1. The zero-order chi connectivity index (χ0) is 17.0. The fraction of sp³-hybridized carbons (Fsp3) is 0.312. The molecule has 7 heteroatoms. The molecule has 0 unspecified atom stereocenters. The lowest BCUT2D eigenvalue weighted by Crippen LogP contribution is -2.49. The summed E-state index contributed by atoms with van der Waals surface area (Å²) in [6.07, 6.45) is 1.53. The summed E-state index contributed by atoms with van der Waals surface area (Å²) in [6, 6.07) is 6.62. The van der Waals surface area contributed by atoms with Crippen LogP contribution in [0, 0.1) is 0 Å². The van der Waals surface area contributed by atoms with Crippen molar-refractivity contribution in [3.05, 3.63) is 36.0 Å². The SMILES string of the molecule is CC(C)(C)NC(=O)NC(=O)COC(=O)c1c[nH]c2ccccc12. The summed E-state index contributed by atoms with van der Waals surface area (Å²) in [7, 11) is 0. The van der Waals surface area contributed by atoms with Crippen LogP contribution in [0.25, 0.3) is 10.9 Å². The van der Waals surface area contributed by atoms with Gasteiger partial charge in [0.25, 0.3) is 5.91 Å². The molecule has 0 bridgehead atoms. The van der Waals surface area contributed by atoms with Gasteiger partial charge < -0.3 is 15.0 Å². The summed E-state index contributed by atoms with van der Waals surface area (Å²) < 4.78 is 4.94. The van der Waals surface area contributed by atoms with E-state index >= 15 is 0 Å². The highest BCUT2D eigenvalue weighted by atomic mass is 16.5. The average Bonchev–Trinajstić information content (AvgIpc) is 2.86. The van der Waals surface area contributed by atoms with Gasteiger partial charge in [-0.2, -0.15) is 0 Å². The van der Waals surface area contributed by atoms with E-state index in [9.17, 15) is 14.4 Å². The second kappa shape index (κ2) is 6.51. The predicted octanol–water partition coefficient (Wildman–Crippen LogP) is 1.95. The van der Waals surface area contributed by atoms with Crippen LogP contribution in [-0.2, 0) is 9.53 Å². The molecule has 3 amide bonds. The van der Waals surface area contributed by atoms with Crippen LogP contribution in [0.3, 0.4) is 0 Å². The smallest absolute Gasteiger partial charge is 0.340 e. The Bertz CT molecular complexity index is 743. The number of amides is 3. The summed E-state index contributed by atoms with van der Waals surface area (Å²) in [5, 5.41) is 5.38. The van der Waals surface area contributed by atoms with E-state index in [1.165, 1.54) is 6.20 Å². The molecule has 23 heavy (non-hydrogen) atoms. The second-order valence-electron chi connectivity index (χ2n) is 6.08. The number of hydrogen-bond acceptors (Lipinski definition) is 4. The zero-order valence-electron chi connectivity index (χ0n) is 13.2. The van der Waals surface area contributed by atoms with Crippen molar-refractivity contribution in [1.82, 2.24) is 15.6 Å². The Labute approximate surface area is 133 Å². The quantitative estimate of drug-likeness (QED) is 0.753. The first-order valence-corrected chi connectivity index (χ1v) is 7.11. The Morgan fingerprint density at radius 3 is 2.57 bits per heavy atom. The van der Waals surface area contributed by atoms with Gasteiger partial charge >= 0.3 is 12.0 Å². The molecule has 1 aromatic carbocycles. The van der Waals surface area contributed by atoms with Gasteiger partial charge in [0.15, 0.2) is 6.61 Å². The molecule has 1 heterocycles. The maximum atomic E-state index is 12.0. The molecule has 0 spiro atoms. The Balaban J connectivity index is 1.89. The highest BCUT2D eigenvalue weighted by molar-refractivity contribution is 6.05. The standard InChI is InChI=1S/C16H19N3O4/c1-16(2,3)19-15(22)18-13(20)9-23-14(21)11-8-17-12-7-5-4-6-10(11)12/h4-8,17H,9H2,1-3H3,(H2,18,19,20,22). The Hall–Kier alpha value is -2.83. The Kier molecular flexibility index (Phi) is 4.68. The molecule has 0 aliphatic heterocycles. The van der Waals surface area contributed by atoms with E-state index in [1.807, 2.05) is 12.1 Å². The Morgan fingerprint density at radius 2 is 1.87 bits per heavy atom. The third kappa shape index (κ3) is 4.57. The fourth-order valence-electron chi connectivity index (χ4n) is 1.98. The lowest BCUT2D eigenvalue weighted by atomic mass is 10.1. The molecule has 2 rings (SSSR count). The van der Waals surface area contributed by atoms with Crippen molar-refractivity contribution in [1.29, 1.82) is 0 Å². The number of esters is 1. The third-order valence-corrected chi connectivity index (χ3v) is 2.88. The molecule has 0 fully saturated rings. The summed E-state index contributed by atoms with van der Waals surface area (Å²) in [5.41, 5.74) is 0.673. The van der Waals surface area contributed by atoms with Crippen molar-refractivity contribution >= 4 is 28.8 Å². The number of aromatic amines is 1. The number of urea groups is 1. The number of H-pyrrole nitrogens is 1. The topological polar surface area (TPSA) is 100 Å². The number of nitrogens with one attached hydrogen (secondary N) is 3. The van der Waals surface area contributed by atoms with Crippen LogP contribution in [-0.4, -0.2) is 35.0 Å². The molecule has 2 aromatic rings. The summed E-state index contributed by atoms with van der Waals surface area (Å²) >= 11 is 0. The number of aromatic nitrogens is 1. The van der Waals surface area contributed by atoms with Gasteiger partial charge in [0.05, 0.1) is 5.56 Å². The molecule has 0 saturated heterocycles. The van der Waals surface area contributed by atoms with Gasteiger partial charge in [-0.05, 0) is 26.8 Å². The number of carbonyl (C=O) groups is 3. The van der Waals surface area contributed by atoms with E-state index in [-0.39, 0.29) is 0 Å². The number of fused-ring (bicyclic) bond motifs is 1. The number of hydrogen-bond donors (Lipinski definition) is 3. The molecular formula is C16H19N3O4. The summed E-state index contributed by atoms with van der Waals surface area (Å²) in [6.45, 7) is 4.83. The molecule has 122 valence electrons. The van der Waals surface area contributed by atoms with Gasteiger partial charge in [-0.1, -0.05) is 18.2 Å². The van der Waals surface area contributed by atoms with Crippen molar-refractivity contribution in [3.63, 3.8) is 0 Å². The molecular weight excluding hydrogens is 298 g/mol. The predicted molar refractivity (Wildman–Crippen MR) is 85.0 cm³/mol. The summed E-state index contributed by atoms with van der Waals surface area (Å²) in [4.78, 5) is 38.1. The first-order valence-electron chi connectivity index (χ1n) is 7.11. The van der Waals surface area contributed by atoms with Gasteiger partial charge in [0, 0.05) is 22.6 Å². The second-order valence-corrected chi connectivity index (χ2v) is 6.08. The van der Waals surface area contributed by atoms with E-state index in [2.05, 4.69) is 15.6 Å². The number of para-hydroxylation sites is 1. The van der Waals surface area contributed by atoms with Crippen LogP contribution < -0.4 is 10.6 Å². The van der Waals surface area contributed by atoms with Gasteiger partial charge in [-0.25, -0.2) is 9.59 Å². The van der Waals surface area contributed by atoms with Crippen molar-refractivity contribution in [2.45, 2.75) is 26.3 Å². The van der Waals surface area contributed by atoms with E-state index in [1.54, 1.807) is 32.9 Å². The van der Waals surface area contributed by atoms with E-state index in [0.717, 1.165) is 5.52 Å².